The van der Waals surface area contributed by atoms with Crippen LogP contribution in [0.2, 0.25) is 5.15 Å². The second-order valence-corrected chi connectivity index (χ2v) is 5.86. The van der Waals surface area contributed by atoms with Crippen LogP contribution in [0.3, 0.4) is 0 Å². The molecular formula is C17H19ClN2. The van der Waals surface area contributed by atoms with Crippen molar-refractivity contribution in [2.75, 3.05) is 0 Å². The molecule has 0 radical (unpaired) electrons. The van der Waals surface area contributed by atoms with Crippen LogP contribution in [0.5, 0.6) is 0 Å². The molecule has 1 aromatic heterocycles. The number of hydrogen-bond acceptors (Lipinski definition) is 2. The molecule has 20 heavy (non-hydrogen) atoms. The second kappa shape index (κ2) is 5.92. The van der Waals surface area contributed by atoms with Gasteiger partial charge in [-0.3, -0.25) is 0 Å². The molecule has 2 nitrogen and oxygen atoms in total. The zero-order valence-electron chi connectivity index (χ0n) is 11.8. The van der Waals surface area contributed by atoms with Crippen molar-refractivity contribution >= 4 is 11.6 Å². The molecule has 1 aliphatic carbocycles. The minimum atomic E-state index is 0.552. The van der Waals surface area contributed by atoms with E-state index in [2.05, 4.69) is 36.2 Å². The smallest absolute Gasteiger partial charge is 0.161 e. The van der Waals surface area contributed by atoms with Crippen LogP contribution in [0.1, 0.15) is 49.8 Å². The molecule has 1 heterocycles. The fraction of sp³-hybridized carbons (Fsp3) is 0.412. The molecule has 0 unspecified atom stereocenters. The first-order valence-electron chi connectivity index (χ1n) is 7.40. The second-order valence-electron chi connectivity index (χ2n) is 5.47. The van der Waals surface area contributed by atoms with Gasteiger partial charge < -0.3 is 0 Å². The summed E-state index contributed by atoms with van der Waals surface area (Å²) < 4.78 is 0. The lowest BCUT2D eigenvalue weighted by atomic mass is 10.0. The maximum Gasteiger partial charge on any atom is 0.161 e. The van der Waals surface area contributed by atoms with Gasteiger partial charge in [-0.25, -0.2) is 9.97 Å². The molecule has 0 amide bonds. The summed E-state index contributed by atoms with van der Waals surface area (Å²) in [6.07, 6.45) is 6.09. The molecule has 0 saturated heterocycles. The van der Waals surface area contributed by atoms with E-state index in [1.807, 2.05) is 6.07 Å². The Labute approximate surface area is 125 Å². The average Bonchev–Trinajstić information content (AvgIpc) is 3.01. The van der Waals surface area contributed by atoms with Gasteiger partial charge in [0.1, 0.15) is 5.15 Å². The highest BCUT2D eigenvalue weighted by atomic mass is 35.5. The maximum atomic E-state index is 6.19. The molecule has 0 bridgehead atoms. The fourth-order valence-corrected chi connectivity index (χ4v) is 3.08. The fourth-order valence-electron chi connectivity index (χ4n) is 2.88. The van der Waals surface area contributed by atoms with E-state index in [1.165, 1.54) is 31.2 Å². The molecule has 1 aliphatic rings. The molecule has 3 rings (SSSR count). The minimum Gasteiger partial charge on any atom is -0.233 e. The van der Waals surface area contributed by atoms with Gasteiger partial charge in [0.25, 0.3) is 0 Å². The van der Waals surface area contributed by atoms with Crippen molar-refractivity contribution in [2.24, 2.45) is 0 Å². The summed E-state index contributed by atoms with van der Waals surface area (Å²) in [6, 6.07) is 10.4. The van der Waals surface area contributed by atoms with Crippen LogP contribution >= 0.6 is 11.6 Å². The van der Waals surface area contributed by atoms with Crippen molar-refractivity contribution in [1.29, 1.82) is 0 Å². The van der Waals surface area contributed by atoms with E-state index in [-0.39, 0.29) is 0 Å². The highest BCUT2D eigenvalue weighted by Gasteiger charge is 2.20. The largest absolute Gasteiger partial charge is 0.233 e. The Bertz CT molecular complexity index is 586. The zero-order chi connectivity index (χ0) is 13.9. The monoisotopic (exact) mass is 286 g/mol. The average molecular weight is 287 g/mol. The minimum absolute atomic E-state index is 0.552. The molecule has 0 aliphatic heterocycles. The van der Waals surface area contributed by atoms with E-state index >= 15 is 0 Å². The molecular weight excluding hydrogens is 268 g/mol. The molecule has 0 atom stereocenters. The maximum absolute atomic E-state index is 6.19. The lowest BCUT2D eigenvalue weighted by molar-refractivity contribution is 0.695. The Morgan fingerprint density at radius 1 is 1.10 bits per heavy atom. The van der Waals surface area contributed by atoms with Crippen LogP contribution in [0, 0.1) is 0 Å². The van der Waals surface area contributed by atoms with Crippen molar-refractivity contribution in [3.63, 3.8) is 0 Å². The summed E-state index contributed by atoms with van der Waals surface area (Å²) in [5, 5.41) is 0.552. The Kier molecular flexibility index (Phi) is 4.02. The third-order valence-electron chi connectivity index (χ3n) is 4.11. The standard InChI is InChI=1S/C17H19ClN2/c1-2-12-7-9-14(10-8-12)17-19-15(11-16(18)20-17)13-5-3-4-6-13/h7-11,13H,2-6H2,1H3. The molecule has 2 aromatic rings. The molecule has 1 fully saturated rings. The van der Waals surface area contributed by atoms with E-state index in [9.17, 15) is 0 Å². The Hall–Kier alpha value is -1.41. The quantitative estimate of drug-likeness (QED) is 0.741. The number of aromatic nitrogens is 2. The van der Waals surface area contributed by atoms with E-state index in [1.54, 1.807) is 0 Å². The van der Waals surface area contributed by atoms with Crippen LogP contribution in [-0.2, 0) is 6.42 Å². The first kappa shape index (κ1) is 13.6. The summed E-state index contributed by atoms with van der Waals surface area (Å²) in [5.74, 6) is 1.31. The third kappa shape index (κ3) is 2.85. The molecule has 1 saturated carbocycles. The highest BCUT2D eigenvalue weighted by molar-refractivity contribution is 6.29. The number of rotatable bonds is 3. The van der Waals surface area contributed by atoms with E-state index in [0.717, 1.165) is 23.5 Å². The first-order chi connectivity index (χ1) is 9.76. The van der Waals surface area contributed by atoms with Crippen LogP contribution in [-0.4, -0.2) is 9.97 Å². The topological polar surface area (TPSA) is 25.8 Å². The van der Waals surface area contributed by atoms with Crippen LogP contribution in [0.4, 0.5) is 0 Å². The lowest BCUT2D eigenvalue weighted by Gasteiger charge is -2.10. The van der Waals surface area contributed by atoms with Gasteiger partial charge in [-0.2, -0.15) is 0 Å². The van der Waals surface area contributed by atoms with E-state index in [4.69, 9.17) is 16.6 Å². The number of nitrogens with zero attached hydrogens (tertiary/aromatic N) is 2. The molecule has 0 N–H and O–H groups in total. The summed E-state index contributed by atoms with van der Waals surface area (Å²) in [6.45, 7) is 2.16. The number of hydrogen-bond donors (Lipinski definition) is 0. The van der Waals surface area contributed by atoms with Crippen molar-refractivity contribution in [2.45, 2.75) is 44.9 Å². The van der Waals surface area contributed by atoms with Crippen molar-refractivity contribution in [1.82, 2.24) is 9.97 Å². The Morgan fingerprint density at radius 2 is 1.80 bits per heavy atom. The van der Waals surface area contributed by atoms with Crippen LogP contribution < -0.4 is 0 Å². The number of halogens is 1. The summed E-state index contributed by atoms with van der Waals surface area (Å²) in [5.41, 5.74) is 3.48. The van der Waals surface area contributed by atoms with Crippen molar-refractivity contribution in [3.8, 4) is 11.4 Å². The lowest BCUT2D eigenvalue weighted by Crippen LogP contribution is -2.00. The van der Waals surface area contributed by atoms with Gasteiger partial charge in [-0.15, -0.1) is 0 Å². The molecule has 1 aromatic carbocycles. The van der Waals surface area contributed by atoms with E-state index in [0.29, 0.717) is 11.1 Å². The summed E-state index contributed by atoms with van der Waals surface area (Å²) in [4.78, 5) is 9.13. The van der Waals surface area contributed by atoms with E-state index < -0.39 is 0 Å². The number of benzene rings is 1. The van der Waals surface area contributed by atoms with Gasteiger partial charge in [0.2, 0.25) is 0 Å². The van der Waals surface area contributed by atoms with Gasteiger partial charge in [0.05, 0.1) is 0 Å². The Morgan fingerprint density at radius 3 is 2.45 bits per heavy atom. The predicted octanol–water partition coefficient (Wildman–Crippen LogP) is 5.02. The third-order valence-corrected chi connectivity index (χ3v) is 4.30. The van der Waals surface area contributed by atoms with Gasteiger partial charge >= 0.3 is 0 Å². The van der Waals surface area contributed by atoms with Gasteiger partial charge in [0.15, 0.2) is 5.82 Å². The number of aryl methyl sites for hydroxylation is 1. The zero-order valence-corrected chi connectivity index (χ0v) is 12.5. The van der Waals surface area contributed by atoms with Crippen LogP contribution in [0.15, 0.2) is 30.3 Å². The molecule has 104 valence electrons. The summed E-state index contributed by atoms with van der Waals surface area (Å²) >= 11 is 6.19. The van der Waals surface area contributed by atoms with Gasteiger partial charge in [-0.05, 0) is 30.9 Å². The normalized spacial score (nSPS) is 15.7. The molecule has 0 spiro atoms. The molecule has 3 heteroatoms. The SMILES string of the molecule is CCc1ccc(-c2nc(Cl)cc(C3CCCC3)n2)cc1. The van der Waals surface area contributed by atoms with Crippen LogP contribution in [0.25, 0.3) is 11.4 Å². The van der Waals surface area contributed by atoms with Gasteiger partial charge in [0, 0.05) is 17.2 Å². The first-order valence-corrected chi connectivity index (χ1v) is 7.78. The van der Waals surface area contributed by atoms with Gasteiger partial charge in [-0.1, -0.05) is 55.6 Å². The Balaban J connectivity index is 1.95. The van der Waals surface area contributed by atoms with Crippen molar-refractivity contribution < 1.29 is 0 Å². The summed E-state index contributed by atoms with van der Waals surface area (Å²) in [7, 11) is 0. The van der Waals surface area contributed by atoms with Crippen molar-refractivity contribution in [3.05, 3.63) is 46.7 Å². The predicted molar refractivity (Wildman–Crippen MR) is 83.1 cm³/mol. The highest BCUT2D eigenvalue weighted by Crippen LogP contribution is 2.34.